The topological polar surface area (TPSA) is 76.1 Å². The molecule has 1 amide bonds. The van der Waals surface area contributed by atoms with E-state index in [2.05, 4.69) is 10.3 Å². The molecule has 122 valence electrons. The van der Waals surface area contributed by atoms with Crippen molar-refractivity contribution >= 4 is 15.7 Å². The summed E-state index contributed by atoms with van der Waals surface area (Å²) in [5.41, 5.74) is 1.55. The second kappa shape index (κ2) is 7.37. The van der Waals surface area contributed by atoms with Crippen LogP contribution in [0.1, 0.15) is 29.7 Å². The third kappa shape index (κ3) is 4.16. The summed E-state index contributed by atoms with van der Waals surface area (Å²) in [7, 11) is -3.63. The molecule has 2 aromatic rings. The molecular formula is C17H20N2O3S. The normalized spacial score (nSPS) is 12.6. The van der Waals surface area contributed by atoms with Crippen LogP contribution in [0.2, 0.25) is 0 Å². The van der Waals surface area contributed by atoms with Gasteiger partial charge in [0.1, 0.15) is 5.25 Å². The molecule has 0 bridgehead atoms. The Morgan fingerprint density at radius 1 is 1.22 bits per heavy atom. The van der Waals surface area contributed by atoms with Gasteiger partial charge in [0, 0.05) is 25.4 Å². The summed E-state index contributed by atoms with van der Waals surface area (Å²) in [5.74, 6) is -0.182. The number of pyridine rings is 1. The Morgan fingerprint density at radius 2 is 1.91 bits per heavy atom. The van der Waals surface area contributed by atoms with Crippen LogP contribution in [-0.4, -0.2) is 25.9 Å². The molecule has 0 aliphatic heterocycles. The molecule has 0 spiro atoms. The molecule has 1 aromatic heterocycles. The van der Waals surface area contributed by atoms with Crippen LogP contribution in [0, 0.1) is 6.92 Å². The number of rotatable bonds is 6. The smallest absolute Gasteiger partial charge is 0.219 e. The first kappa shape index (κ1) is 17.1. The van der Waals surface area contributed by atoms with Gasteiger partial charge in [0.05, 0.1) is 4.90 Å². The Bertz CT molecular complexity index is 756. The molecule has 0 radical (unpaired) electrons. The van der Waals surface area contributed by atoms with Crippen molar-refractivity contribution in [2.75, 3.05) is 6.54 Å². The lowest BCUT2D eigenvalue weighted by atomic mass is 10.2. The lowest BCUT2D eigenvalue weighted by molar-refractivity contribution is -0.120. The Balaban J connectivity index is 2.39. The van der Waals surface area contributed by atoms with Gasteiger partial charge >= 0.3 is 0 Å². The van der Waals surface area contributed by atoms with Gasteiger partial charge in [-0.1, -0.05) is 30.7 Å². The number of benzene rings is 1. The van der Waals surface area contributed by atoms with Crippen molar-refractivity contribution in [1.29, 1.82) is 0 Å². The van der Waals surface area contributed by atoms with Crippen LogP contribution in [0.25, 0.3) is 0 Å². The predicted octanol–water partition coefficient (Wildman–Crippen LogP) is 2.43. The monoisotopic (exact) mass is 332 g/mol. The number of aromatic nitrogens is 1. The van der Waals surface area contributed by atoms with Gasteiger partial charge in [-0.2, -0.15) is 0 Å². The van der Waals surface area contributed by atoms with Crippen molar-refractivity contribution < 1.29 is 13.2 Å². The maximum Gasteiger partial charge on any atom is 0.219 e. The van der Waals surface area contributed by atoms with E-state index in [-0.39, 0.29) is 17.3 Å². The summed E-state index contributed by atoms with van der Waals surface area (Å²) in [6.45, 7) is 3.65. The lowest BCUT2D eigenvalue weighted by Crippen LogP contribution is -2.31. The fraction of sp³-hybridized carbons (Fsp3) is 0.294. The Hall–Kier alpha value is -2.21. The second-order valence-corrected chi connectivity index (χ2v) is 7.42. The highest BCUT2D eigenvalue weighted by Crippen LogP contribution is 2.28. The quantitative estimate of drug-likeness (QED) is 0.881. The third-order valence-corrected chi connectivity index (χ3v) is 5.70. The lowest BCUT2D eigenvalue weighted by Gasteiger charge is -2.18. The summed E-state index contributed by atoms with van der Waals surface area (Å²) < 4.78 is 25.9. The molecule has 1 aromatic carbocycles. The zero-order valence-electron chi connectivity index (χ0n) is 13.2. The molecule has 1 N–H and O–H groups in total. The second-order valence-electron chi connectivity index (χ2n) is 5.29. The van der Waals surface area contributed by atoms with E-state index in [9.17, 15) is 13.2 Å². The number of amides is 1. The fourth-order valence-corrected chi connectivity index (χ4v) is 3.84. The van der Waals surface area contributed by atoms with E-state index >= 15 is 0 Å². The number of nitrogens with one attached hydrogen (secondary N) is 1. The van der Waals surface area contributed by atoms with Gasteiger partial charge in [-0.3, -0.25) is 9.78 Å². The van der Waals surface area contributed by atoms with E-state index in [0.29, 0.717) is 12.0 Å². The van der Waals surface area contributed by atoms with Crippen LogP contribution in [-0.2, 0) is 14.6 Å². The van der Waals surface area contributed by atoms with E-state index in [0.717, 1.165) is 5.56 Å². The van der Waals surface area contributed by atoms with Gasteiger partial charge in [-0.05, 0) is 30.7 Å². The van der Waals surface area contributed by atoms with Gasteiger partial charge in [0.25, 0.3) is 0 Å². The minimum absolute atomic E-state index is 0.0224. The van der Waals surface area contributed by atoms with E-state index < -0.39 is 15.1 Å². The number of aryl methyl sites for hydroxylation is 1. The Kier molecular flexibility index (Phi) is 5.50. The molecule has 0 aliphatic carbocycles. The zero-order valence-corrected chi connectivity index (χ0v) is 14.0. The van der Waals surface area contributed by atoms with Crippen molar-refractivity contribution in [3.05, 3.63) is 59.9 Å². The molecule has 1 heterocycles. The largest absolute Gasteiger partial charge is 0.354 e. The molecule has 0 aliphatic rings. The van der Waals surface area contributed by atoms with Crippen LogP contribution in [0.3, 0.4) is 0 Å². The Morgan fingerprint density at radius 3 is 2.48 bits per heavy atom. The third-order valence-electron chi connectivity index (χ3n) is 3.59. The molecule has 0 saturated heterocycles. The Labute approximate surface area is 136 Å². The highest BCUT2D eigenvalue weighted by Gasteiger charge is 2.29. The van der Waals surface area contributed by atoms with Gasteiger partial charge < -0.3 is 5.32 Å². The van der Waals surface area contributed by atoms with Gasteiger partial charge in [-0.15, -0.1) is 0 Å². The maximum absolute atomic E-state index is 13.0. The average Bonchev–Trinajstić information content (AvgIpc) is 2.56. The van der Waals surface area contributed by atoms with E-state index in [1.54, 1.807) is 49.5 Å². The number of hydrogen-bond acceptors (Lipinski definition) is 4. The molecule has 2 rings (SSSR count). The summed E-state index contributed by atoms with van der Waals surface area (Å²) in [4.78, 5) is 15.8. The van der Waals surface area contributed by atoms with Crippen LogP contribution in [0.5, 0.6) is 0 Å². The number of carbonyl (C=O) groups excluding carboxylic acids is 1. The first-order valence-corrected chi connectivity index (χ1v) is 8.97. The standard InChI is InChI=1S/C17H20N2O3S/c1-3-17(20)19-12-16(14-5-4-10-18-11-14)23(21,22)15-8-6-13(2)7-9-15/h4-11,16H,3,12H2,1-2H3,(H,19,20)/t16-/m0/s1. The van der Waals surface area contributed by atoms with E-state index in [1.807, 2.05) is 6.92 Å². The van der Waals surface area contributed by atoms with Crippen LogP contribution < -0.4 is 5.32 Å². The minimum atomic E-state index is -3.63. The van der Waals surface area contributed by atoms with Gasteiger partial charge in [-0.25, -0.2) is 8.42 Å². The molecule has 0 unspecified atom stereocenters. The number of nitrogens with zero attached hydrogens (tertiary/aromatic N) is 1. The molecule has 5 nitrogen and oxygen atoms in total. The molecular weight excluding hydrogens is 312 g/mol. The summed E-state index contributed by atoms with van der Waals surface area (Å²) in [5, 5.41) is 1.81. The molecule has 0 fully saturated rings. The maximum atomic E-state index is 13.0. The van der Waals surface area contributed by atoms with Crippen molar-refractivity contribution in [3.63, 3.8) is 0 Å². The van der Waals surface area contributed by atoms with Crippen molar-refractivity contribution in [2.24, 2.45) is 0 Å². The van der Waals surface area contributed by atoms with Gasteiger partial charge in [0.2, 0.25) is 5.91 Å². The zero-order chi connectivity index (χ0) is 16.9. The van der Waals surface area contributed by atoms with Crippen molar-refractivity contribution in [1.82, 2.24) is 10.3 Å². The molecule has 23 heavy (non-hydrogen) atoms. The SMILES string of the molecule is CCC(=O)NC[C@@H](c1cccnc1)S(=O)(=O)c1ccc(C)cc1. The highest BCUT2D eigenvalue weighted by atomic mass is 32.2. The number of sulfone groups is 1. The van der Waals surface area contributed by atoms with Crippen LogP contribution in [0.15, 0.2) is 53.7 Å². The van der Waals surface area contributed by atoms with Crippen molar-refractivity contribution in [3.8, 4) is 0 Å². The first-order chi connectivity index (χ1) is 10.9. The predicted molar refractivity (Wildman–Crippen MR) is 88.6 cm³/mol. The van der Waals surface area contributed by atoms with Crippen LogP contribution >= 0.6 is 0 Å². The minimum Gasteiger partial charge on any atom is -0.354 e. The highest BCUT2D eigenvalue weighted by molar-refractivity contribution is 7.91. The van der Waals surface area contributed by atoms with Crippen molar-refractivity contribution in [2.45, 2.75) is 30.4 Å². The van der Waals surface area contributed by atoms with Gasteiger partial charge in [0.15, 0.2) is 9.84 Å². The summed E-state index contributed by atoms with van der Waals surface area (Å²) in [6.07, 6.45) is 3.42. The molecule has 1 atom stereocenters. The fourth-order valence-electron chi connectivity index (χ4n) is 2.20. The number of carbonyl (C=O) groups is 1. The first-order valence-electron chi connectivity index (χ1n) is 7.42. The van der Waals surface area contributed by atoms with Crippen LogP contribution in [0.4, 0.5) is 0 Å². The number of hydrogen-bond donors (Lipinski definition) is 1. The molecule has 6 heteroatoms. The molecule has 0 saturated carbocycles. The van der Waals surface area contributed by atoms with E-state index in [1.165, 1.54) is 6.20 Å². The summed E-state index contributed by atoms with van der Waals surface area (Å²) >= 11 is 0. The summed E-state index contributed by atoms with van der Waals surface area (Å²) in [6, 6.07) is 10.1. The van der Waals surface area contributed by atoms with E-state index in [4.69, 9.17) is 0 Å². The average molecular weight is 332 g/mol.